The van der Waals surface area contributed by atoms with Gasteiger partial charge in [0.25, 0.3) is 0 Å². The number of sulfonamides is 1. The van der Waals surface area contributed by atoms with Crippen molar-refractivity contribution >= 4 is 10.0 Å². The summed E-state index contributed by atoms with van der Waals surface area (Å²) < 4.78 is 27.0. The summed E-state index contributed by atoms with van der Waals surface area (Å²) in [6, 6.07) is 0. The zero-order valence-corrected chi connectivity index (χ0v) is 14.0. The first-order chi connectivity index (χ1) is 9.70. The molecule has 1 saturated heterocycles. The molecule has 1 aliphatic heterocycles. The molecule has 0 spiro atoms. The summed E-state index contributed by atoms with van der Waals surface area (Å²) in [4.78, 5) is 2.56. The van der Waals surface area contributed by atoms with Crippen molar-refractivity contribution in [3.8, 4) is 0 Å². The Morgan fingerprint density at radius 3 is 2.24 bits per heavy atom. The van der Waals surface area contributed by atoms with E-state index in [-0.39, 0.29) is 5.54 Å². The van der Waals surface area contributed by atoms with Crippen LogP contribution in [0.1, 0.15) is 25.2 Å². The molecule has 0 aromatic carbocycles. The van der Waals surface area contributed by atoms with Crippen LogP contribution in [0.4, 0.5) is 0 Å². The SMILES string of the molecule is Cc1n[nH]c(C)c1S(=O)(=O)N1CCN(C(C)(C)CN)CC1. The highest BCUT2D eigenvalue weighted by Gasteiger charge is 2.35. The average molecular weight is 315 g/mol. The van der Waals surface area contributed by atoms with Crippen LogP contribution < -0.4 is 5.73 Å². The van der Waals surface area contributed by atoms with Gasteiger partial charge in [0, 0.05) is 38.3 Å². The van der Waals surface area contributed by atoms with Crippen molar-refractivity contribution in [2.75, 3.05) is 32.7 Å². The van der Waals surface area contributed by atoms with Crippen molar-refractivity contribution < 1.29 is 8.42 Å². The Balaban J connectivity index is 2.16. The van der Waals surface area contributed by atoms with Crippen LogP contribution in [0.25, 0.3) is 0 Å². The number of nitrogens with one attached hydrogen (secondary N) is 1. The predicted molar refractivity (Wildman–Crippen MR) is 81.5 cm³/mol. The fourth-order valence-electron chi connectivity index (χ4n) is 2.71. The maximum absolute atomic E-state index is 12.7. The van der Waals surface area contributed by atoms with Gasteiger partial charge in [0.2, 0.25) is 10.0 Å². The van der Waals surface area contributed by atoms with Crippen LogP contribution in [0.3, 0.4) is 0 Å². The van der Waals surface area contributed by atoms with Crippen LogP contribution >= 0.6 is 0 Å². The lowest BCUT2D eigenvalue weighted by Crippen LogP contribution is -2.58. The minimum atomic E-state index is -3.47. The monoisotopic (exact) mass is 315 g/mol. The minimum absolute atomic E-state index is 0.0999. The normalized spacial score (nSPS) is 19.1. The van der Waals surface area contributed by atoms with Crippen LogP contribution in [0.15, 0.2) is 4.90 Å². The summed E-state index contributed by atoms with van der Waals surface area (Å²) in [5, 5.41) is 6.73. The van der Waals surface area contributed by atoms with Crippen molar-refractivity contribution in [3.63, 3.8) is 0 Å². The van der Waals surface area contributed by atoms with Gasteiger partial charge in [0.05, 0.1) is 11.4 Å². The highest BCUT2D eigenvalue weighted by atomic mass is 32.2. The second-order valence-electron chi connectivity index (χ2n) is 6.17. The molecule has 0 saturated carbocycles. The summed E-state index contributed by atoms with van der Waals surface area (Å²) in [6.07, 6.45) is 0. The van der Waals surface area contributed by atoms with Gasteiger partial charge >= 0.3 is 0 Å². The molecule has 0 atom stereocenters. The Hall–Kier alpha value is -0.960. The molecule has 0 aliphatic carbocycles. The van der Waals surface area contributed by atoms with Gasteiger partial charge in [0.1, 0.15) is 4.90 Å². The second-order valence-corrected chi connectivity index (χ2v) is 8.05. The van der Waals surface area contributed by atoms with E-state index >= 15 is 0 Å². The molecular formula is C13H25N5O2S. The molecule has 1 aliphatic rings. The van der Waals surface area contributed by atoms with Crippen molar-refractivity contribution in [1.82, 2.24) is 19.4 Å². The average Bonchev–Trinajstić information content (AvgIpc) is 2.79. The van der Waals surface area contributed by atoms with E-state index in [0.717, 1.165) is 0 Å². The summed E-state index contributed by atoms with van der Waals surface area (Å²) in [7, 11) is -3.47. The zero-order valence-electron chi connectivity index (χ0n) is 13.2. The lowest BCUT2D eigenvalue weighted by atomic mass is 10.0. The molecule has 2 rings (SSSR count). The Morgan fingerprint density at radius 1 is 1.24 bits per heavy atom. The standard InChI is InChI=1S/C13H25N5O2S/c1-10-12(11(2)16-15-10)21(19,20)18-7-5-17(6-8-18)13(3,4)9-14/h5-9,14H2,1-4H3,(H,15,16). The molecule has 1 fully saturated rings. The first kappa shape index (κ1) is 16.4. The lowest BCUT2D eigenvalue weighted by molar-refractivity contribution is 0.0849. The topological polar surface area (TPSA) is 95.3 Å². The van der Waals surface area contributed by atoms with Gasteiger partial charge in [-0.1, -0.05) is 0 Å². The minimum Gasteiger partial charge on any atom is -0.329 e. The van der Waals surface area contributed by atoms with Gasteiger partial charge in [-0.05, 0) is 27.7 Å². The largest absolute Gasteiger partial charge is 0.329 e. The number of hydrogen-bond donors (Lipinski definition) is 2. The number of hydrogen-bond acceptors (Lipinski definition) is 5. The molecule has 120 valence electrons. The number of aryl methyl sites for hydroxylation is 2. The highest BCUT2D eigenvalue weighted by molar-refractivity contribution is 7.89. The number of aromatic amines is 1. The summed E-state index contributed by atoms with van der Waals surface area (Å²) in [5.41, 5.74) is 6.81. The number of piperazine rings is 1. The predicted octanol–water partition coefficient (Wildman–Crippen LogP) is 0.0701. The number of nitrogens with two attached hydrogens (primary N) is 1. The Labute approximate surface area is 126 Å². The third kappa shape index (κ3) is 2.98. The third-order valence-electron chi connectivity index (χ3n) is 4.25. The van der Waals surface area contributed by atoms with Crippen LogP contribution in [0, 0.1) is 13.8 Å². The lowest BCUT2D eigenvalue weighted by Gasteiger charge is -2.43. The Morgan fingerprint density at radius 2 is 1.81 bits per heavy atom. The smallest absolute Gasteiger partial charge is 0.246 e. The van der Waals surface area contributed by atoms with E-state index in [1.807, 2.05) is 0 Å². The molecule has 1 aromatic rings. The van der Waals surface area contributed by atoms with E-state index in [4.69, 9.17) is 5.73 Å². The summed E-state index contributed by atoms with van der Waals surface area (Å²) in [5.74, 6) is 0. The molecule has 7 nitrogen and oxygen atoms in total. The molecule has 0 unspecified atom stereocenters. The number of H-pyrrole nitrogens is 1. The van der Waals surface area contributed by atoms with Crippen LogP contribution in [-0.2, 0) is 10.0 Å². The first-order valence-electron chi connectivity index (χ1n) is 7.17. The number of rotatable bonds is 4. The zero-order chi connectivity index (χ0) is 15.8. The van der Waals surface area contributed by atoms with Gasteiger partial charge < -0.3 is 5.73 Å². The Bertz CT molecular complexity index is 581. The molecule has 0 bridgehead atoms. The van der Waals surface area contributed by atoms with Gasteiger partial charge in [-0.2, -0.15) is 9.40 Å². The fourth-order valence-corrected chi connectivity index (χ4v) is 4.47. The van der Waals surface area contributed by atoms with Crippen molar-refractivity contribution in [3.05, 3.63) is 11.4 Å². The van der Waals surface area contributed by atoms with Crippen molar-refractivity contribution in [2.24, 2.45) is 5.73 Å². The highest BCUT2D eigenvalue weighted by Crippen LogP contribution is 2.24. The van der Waals surface area contributed by atoms with Crippen molar-refractivity contribution in [2.45, 2.75) is 38.1 Å². The molecule has 3 N–H and O–H groups in total. The second kappa shape index (κ2) is 5.68. The molecule has 21 heavy (non-hydrogen) atoms. The van der Waals surface area contributed by atoms with Crippen LogP contribution in [-0.4, -0.2) is 66.1 Å². The molecule has 0 radical (unpaired) electrons. The molecule has 8 heteroatoms. The molecule has 0 amide bonds. The molecule has 2 heterocycles. The van der Waals surface area contributed by atoms with Crippen LogP contribution in [0.2, 0.25) is 0 Å². The first-order valence-corrected chi connectivity index (χ1v) is 8.61. The van der Waals surface area contributed by atoms with Crippen molar-refractivity contribution in [1.29, 1.82) is 0 Å². The van der Waals surface area contributed by atoms with Gasteiger partial charge in [-0.25, -0.2) is 8.42 Å². The van der Waals surface area contributed by atoms with E-state index in [1.165, 1.54) is 0 Å². The number of nitrogens with zero attached hydrogens (tertiary/aromatic N) is 3. The molecule has 1 aromatic heterocycles. The molecular weight excluding hydrogens is 290 g/mol. The quantitative estimate of drug-likeness (QED) is 0.820. The van der Waals surface area contributed by atoms with E-state index in [2.05, 4.69) is 28.9 Å². The van der Waals surface area contributed by atoms with E-state index < -0.39 is 10.0 Å². The number of aromatic nitrogens is 2. The van der Waals surface area contributed by atoms with Gasteiger partial charge in [0.15, 0.2) is 0 Å². The third-order valence-corrected chi connectivity index (χ3v) is 6.42. The fraction of sp³-hybridized carbons (Fsp3) is 0.769. The summed E-state index contributed by atoms with van der Waals surface area (Å²) >= 11 is 0. The summed E-state index contributed by atoms with van der Waals surface area (Å²) in [6.45, 7) is 10.5. The Kier molecular flexibility index (Phi) is 4.44. The van der Waals surface area contributed by atoms with E-state index in [9.17, 15) is 8.42 Å². The van der Waals surface area contributed by atoms with E-state index in [0.29, 0.717) is 49.0 Å². The van der Waals surface area contributed by atoms with E-state index in [1.54, 1.807) is 18.2 Å². The van der Waals surface area contributed by atoms with Gasteiger partial charge in [-0.3, -0.25) is 10.00 Å². The van der Waals surface area contributed by atoms with Crippen LogP contribution in [0.5, 0.6) is 0 Å². The van der Waals surface area contributed by atoms with Gasteiger partial charge in [-0.15, -0.1) is 0 Å². The maximum Gasteiger partial charge on any atom is 0.246 e. The maximum atomic E-state index is 12.7.